The number of carbonyl (C=O) groups is 2. The van der Waals surface area contributed by atoms with E-state index in [0.717, 1.165) is 81.6 Å². The van der Waals surface area contributed by atoms with Gasteiger partial charge in [-0.1, -0.05) is 13.8 Å². The molecule has 5 aromatic rings. The molecule has 0 atom stereocenters. The molecule has 0 radical (unpaired) electrons. The summed E-state index contributed by atoms with van der Waals surface area (Å²) in [6, 6.07) is 0.473. The van der Waals surface area contributed by atoms with Crippen molar-refractivity contribution < 1.29 is 19.1 Å². The van der Waals surface area contributed by atoms with Crippen LogP contribution >= 0.6 is 0 Å². The van der Waals surface area contributed by atoms with Gasteiger partial charge in [0.1, 0.15) is 11.4 Å². The zero-order chi connectivity index (χ0) is 37.6. The van der Waals surface area contributed by atoms with Gasteiger partial charge in [0.2, 0.25) is 0 Å². The molecule has 0 aliphatic carbocycles. The summed E-state index contributed by atoms with van der Waals surface area (Å²) >= 11 is 0. The van der Waals surface area contributed by atoms with Crippen molar-refractivity contribution in [2.75, 3.05) is 37.1 Å². The minimum Gasteiger partial charge on any atom is -0.381 e. The van der Waals surface area contributed by atoms with Gasteiger partial charge in [-0.15, -0.1) is 0 Å². The molecule has 2 aliphatic heterocycles. The average molecular weight is 739 g/mol. The van der Waals surface area contributed by atoms with E-state index in [-0.39, 0.29) is 36.6 Å². The summed E-state index contributed by atoms with van der Waals surface area (Å²) < 4.78 is 15.0. The highest BCUT2D eigenvalue weighted by Gasteiger charge is 2.24. The Hall–Kier alpha value is -5.22. The summed E-state index contributed by atoms with van der Waals surface area (Å²) in [5.74, 6) is -0.803. The number of ether oxygens (including phenoxy) is 2. The Morgan fingerprint density at radius 2 is 1.06 bits per heavy atom. The first-order valence-corrected chi connectivity index (χ1v) is 19.2. The minimum absolute atomic E-state index is 0.107. The van der Waals surface area contributed by atoms with E-state index in [1.54, 1.807) is 0 Å². The van der Waals surface area contributed by atoms with Crippen LogP contribution in [0.4, 0.5) is 11.4 Å². The summed E-state index contributed by atoms with van der Waals surface area (Å²) in [6.07, 6.45) is 11.3. The molecule has 0 unspecified atom stereocenters. The van der Waals surface area contributed by atoms with E-state index in [2.05, 4.69) is 55.3 Å². The topological polar surface area (TPSA) is 188 Å². The Bertz CT molecular complexity index is 1950. The first kappa shape index (κ1) is 37.1. The van der Waals surface area contributed by atoms with Gasteiger partial charge in [0, 0.05) is 87.2 Å². The van der Waals surface area contributed by atoms with Gasteiger partial charge in [0.25, 0.3) is 11.8 Å². The van der Waals surface area contributed by atoms with Gasteiger partial charge < -0.3 is 30.7 Å². The van der Waals surface area contributed by atoms with Crippen LogP contribution in [-0.2, 0) is 48.5 Å². The lowest BCUT2D eigenvalue weighted by Gasteiger charge is -2.26. The van der Waals surface area contributed by atoms with Crippen LogP contribution in [-0.4, -0.2) is 89.8 Å². The summed E-state index contributed by atoms with van der Waals surface area (Å²) in [5.41, 5.74) is 7.33. The lowest BCUT2D eigenvalue weighted by Crippen LogP contribution is -2.30. The fourth-order valence-corrected chi connectivity index (χ4v) is 7.28. The summed E-state index contributed by atoms with van der Waals surface area (Å²) in [5, 5.41) is 24.5. The van der Waals surface area contributed by atoms with Crippen LogP contribution in [0.5, 0.6) is 0 Å². The van der Waals surface area contributed by atoms with Crippen molar-refractivity contribution in [1.82, 2.24) is 50.1 Å². The maximum Gasteiger partial charge on any atom is 0.271 e. The Balaban J connectivity index is 1.06. The monoisotopic (exact) mass is 738 g/mol. The number of hydrogen-bond donors (Lipinski definition) is 4. The van der Waals surface area contributed by atoms with E-state index in [1.807, 2.05) is 35.6 Å². The quantitative estimate of drug-likeness (QED) is 0.128. The van der Waals surface area contributed by atoms with Crippen LogP contribution < -0.4 is 21.3 Å². The predicted molar refractivity (Wildman–Crippen MR) is 204 cm³/mol. The first-order valence-electron chi connectivity index (χ1n) is 19.2. The summed E-state index contributed by atoms with van der Waals surface area (Å²) in [7, 11) is 0. The second-order valence-electron chi connectivity index (χ2n) is 13.6. The summed E-state index contributed by atoms with van der Waals surface area (Å²) in [4.78, 5) is 45.4. The Kier molecular flexibility index (Phi) is 11.6. The second-order valence-corrected chi connectivity index (χ2v) is 13.6. The molecule has 7 heterocycles. The number of nitrogens with zero attached hydrogens (tertiary/aromatic N) is 8. The van der Waals surface area contributed by atoms with Crippen molar-refractivity contribution in [3.05, 3.63) is 58.7 Å². The van der Waals surface area contributed by atoms with E-state index >= 15 is 0 Å². The summed E-state index contributed by atoms with van der Waals surface area (Å²) in [6.45, 7) is 12.9. The number of pyridine rings is 2. The first-order chi connectivity index (χ1) is 26.4. The Labute approximate surface area is 314 Å². The number of nitrogens with one attached hydrogen (secondary N) is 4. The normalized spacial score (nSPS) is 15.5. The van der Waals surface area contributed by atoms with E-state index in [9.17, 15) is 9.59 Å². The third-order valence-corrected chi connectivity index (χ3v) is 10.3. The van der Waals surface area contributed by atoms with Gasteiger partial charge in [0.15, 0.2) is 11.3 Å². The fraction of sp³-hybridized carbons (Fsp3) is 0.526. The van der Waals surface area contributed by atoms with Gasteiger partial charge >= 0.3 is 0 Å². The smallest absolute Gasteiger partial charge is 0.271 e. The molecule has 0 saturated carbocycles. The van der Waals surface area contributed by atoms with Gasteiger partial charge in [-0.3, -0.25) is 9.59 Å². The van der Waals surface area contributed by atoms with Crippen molar-refractivity contribution in [3.8, 4) is 0 Å². The zero-order valence-corrected chi connectivity index (χ0v) is 31.6. The molecule has 0 aromatic carbocycles. The number of hydrogen-bond acceptors (Lipinski definition) is 12. The third-order valence-electron chi connectivity index (χ3n) is 10.3. The minimum atomic E-state index is -0.402. The van der Waals surface area contributed by atoms with Crippen molar-refractivity contribution in [3.63, 3.8) is 0 Å². The molecule has 2 fully saturated rings. The van der Waals surface area contributed by atoms with Crippen LogP contribution in [0.1, 0.15) is 96.9 Å². The maximum absolute atomic E-state index is 13.4. The molecule has 2 aliphatic rings. The van der Waals surface area contributed by atoms with Gasteiger partial charge in [0.05, 0.1) is 46.9 Å². The number of anilines is 2. The Morgan fingerprint density at radius 3 is 1.41 bits per heavy atom. The number of rotatable bonds is 14. The zero-order valence-electron chi connectivity index (χ0n) is 31.6. The highest BCUT2D eigenvalue weighted by atomic mass is 16.5. The lowest BCUT2D eigenvalue weighted by atomic mass is 10.0. The molecule has 16 nitrogen and oxygen atoms in total. The van der Waals surface area contributed by atoms with E-state index < -0.39 is 11.8 Å². The molecule has 0 spiro atoms. The third kappa shape index (κ3) is 7.71. The SMILES string of the molecule is CCc1nc2c(cnn2CC)c(NC2CCOCC2)c1CNC(=O)c1cnc(C(=O)NCc2c(CC)nc3c(cnn3CC)c2NC2CCOCC2)cn1. The molecule has 2 saturated heterocycles. The van der Waals surface area contributed by atoms with Crippen molar-refractivity contribution >= 4 is 45.3 Å². The molecule has 2 amide bonds. The van der Waals surface area contributed by atoms with Gasteiger partial charge in [-0.2, -0.15) is 10.2 Å². The number of amides is 2. The van der Waals surface area contributed by atoms with Crippen LogP contribution in [0.2, 0.25) is 0 Å². The van der Waals surface area contributed by atoms with E-state index in [1.165, 1.54) is 12.4 Å². The van der Waals surface area contributed by atoms with Gasteiger partial charge in [-0.05, 0) is 52.4 Å². The molecular weight excluding hydrogens is 688 g/mol. The number of aromatic nitrogens is 8. The van der Waals surface area contributed by atoms with Crippen LogP contribution in [0.3, 0.4) is 0 Å². The highest BCUT2D eigenvalue weighted by Crippen LogP contribution is 2.33. The Morgan fingerprint density at radius 1 is 0.648 bits per heavy atom. The molecular formula is C38H50N12O4. The highest BCUT2D eigenvalue weighted by molar-refractivity contribution is 5.96. The van der Waals surface area contributed by atoms with Crippen molar-refractivity contribution in [2.45, 2.75) is 104 Å². The van der Waals surface area contributed by atoms with Crippen molar-refractivity contribution in [2.24, 2.45) is 0 Å². The van der Waals surface area contributed by atoms with Crippen LogP contribution in [0.25, 0.3) is 22.1 Å². The van der Waals surface area contributed by atoms with E-state index in [0.29, 0.717) is 52.4 Å². The molecule has 7 rings (SSSR count). The van der Waals surface area contributed by atoms with Gasteiger partial charge in [-0.25, -0.2) is 29.3 Å². The number of fused-ring (bicyclic) bond motifs is 2. The standard InChI is InChI=1S/C38H50N12O4/c1-5-29-25(33(45-23-9-13-53-14-10-23)27-19-43-49(7-3)35(27)47-29)17-41-37(51)31-21-40-32(22-39-31)38(52)42-18-26-30(6-2)48-36-28(20-44-50(36)8-4)34(26)46-24-11-15-54-16-12-24/h19-24H,5-18H2,1-4H3,(H,41,51)(H,42,52)(H,45,47)(H,46,48). The predicted octanol–water partition coefficient (Wildman–Crippen LogP) is 4.17. The lowest BCUT2D eigenvalue weighted by molar-refractivity contribution is 0.0903. The van der Waals surface area contributed by atoms with Crippen LogP contribution in [0.15, 0.2) is 24.8 Å². The van der Waals surface area contributed by atoms with Crippen LogP contribution in [0, 0.1) is 0 Å². The molecule has 54 heavy (non-hydrogen) atoms. The molecule has 5 aromatic heterocycles. The van der Waals surface area contributed by atoms with Crippen molar-refractivity contribution in [1.29, 1.82) is 0 Å². The average Bonchev–Trinajstić information content (AvgIpc) is 3.84. The number of aryl methyl sites for hydroxylation is 4. The van der Waals surface area contributed by atoms with E-state index in [4.69, 9.17) is 19.4 Å². The number of carbonyl (C=O) groups excluding carboxylic acids is 2. The molecule has 4 N–H and O–H groups in total. The fourth-order valence-electron chi connectivity index (χ4n) is 7.28. The molecule has 286 valence electrons. The molecule has 16 heteroatoms. The second kappa shape index (κ2) is 16.8. The largest absolute Gasteiger partial charge is 0.381 e. The molecule has 0 bridgehead atoms. The maximum atomic E-state index is 13.4.